The summed E-state index contributed by atoms with van der Waals surface area (Å²) in [4.78, 5) is 21.5. The number of halogens is 2. The van der Waals surface area contributed by atoms with Gasteiger partial charge in [-0.15, -0.1) is 11.6 Å². The number of carbonyl (C=O) groups is 1. The number of aryl methyl sites for hydroxylation is 2. The predicted molar refractivity (Wildman–Crippen MR) is 129 cm³/mol. The fraction of sp³-hybridized carbons (Fsp3) is 0.292. The van der Waals surface area contributed by atoms with Crippen LogP contribution in [-0.2, 0) is 11.3 Å². The van der Waals surface area contributed by atoms with Gasteiger partial charge in [-0.25, -0.2) is 4.98 Å². The average molecular weight is 473 g/mol. The molecule has 32 heavy (non-hydrogen) atoms. The Kier molecular flexibility index (Phi) is 8.31. The van der Waals surface area contributed by atoms with Gasteiger partial charge < -0.3 is 14.6 Å². The van der Waals surface area contributed by atoms with Gasteiger partial charge >= 0.3 is 0 Å². The summed E-state index contributed by atoms with van der Waals surface area (Å²) in [6, 6.07) is 7.62. The number of alkyl halides is 1. The highest BCUT2D eigenvalue weighted by molar-refractivity contribution is 6.30. The highest BCUT2D eigenvalue weighted by atomic mass is 35.5. The molecule has 0 saturated heterocycles. The number of carbonyl (C=O) groups excluding carboxylic acids is 1. The molecule has 0 spiro atoms. The van der Waals surface area contributed by atoms with Gasteiger partial charge in [-0.05, 0) is 62.1 Å². The second-order valence-corrected chi connectivity index (χ2v) is 8.21. The van der Waals surface area contributed by atoms with Gasteiger partial charge in [0, 0.05) is 36.1 Å². The number of imidazole rings is 1. The molecule has 0 unspecified atom stereocenters. The van der Waals surface area contributed by atoms with Crippen molar-refractivity contribution in [3.05, 3.63) is 76.1 Å². The van der Waals surface area contributed by atoms with Gasteiger partial charge in [-0.2, -0.15) is 0 Å². The summed E-state index contributed by atoms with van der Waals surface area (Å²) in [7, 11) is 1.62. The molecule has 1 N–H and O–H groups in total. The lowest BCUT2D eigenvalue weighted by atomic mass is 10.0. The third-order valence-electron chi connectivity index (χ3n) is 5.00. The number of hydrogen-bond acceptors (Lipinski definition) is 4. The number of benzene rings is 1. The van der Waals surface area contributed by atoms with Crippen LogP contribution in [0, 0.1) is 13.8 Å². The molecule has 168 valence electrons. The maximum Gasteiger partial charge on any atom is 0.247 e. The van der Waals surface area contributed by atoms with Gasteiger partial charge in [0.2, 0.25) is 5.91 Å². The zero-order valence-corrected chi connectivity index (χ0v) is 19.9. The number of aromatic nitrogens is 3. The van der Waals surface area contributed by atoms with Crippen molar-refractivity contribution in [2.45, 2.75) is 33.2 Å². The van der Waals surface area contributed by atoms with Crippen molar-refractivity contribution in [3.63, 3.8) is 0 Å². The van der Waals surface area contributed by atoms with Crippen molar-refractivity contribution in [1.82, 2.24) is 19.9 Å². The van der Waals surface area contributed by atoms with E-state index in [2.05, 4.69) is 15.3 Å². The van der Waals surface area contributed by atoms with Crippen LogP contribution in [0.15, 0.2) is 48.6 Å². The van der Waals surface area contributed by atoms with E-state index in [1.54, 1.807) is 19.6 Å². The van der Waals surface area contributed by atoms with Crippen molar-refractivity contribution in [3.8, 4) is 11.4 Å². The topological polar surface area (TPSA) is 69.0 Å². The Bertz CT molecular complexity index is 1120. The summed E-state index contributed by atoms with van der Waals surface area (Å²) in [6.45, 7) is 4.17. The molecule has 3 rings (SSSR count). The van der Waals surface area contributed by atoms with Crippen molar-refractivity contribution >= 4 is 35.2 Å². The molecule has 1 amide bonds. The number of pyridine rings is 1. The minimum absolute atomic E-state index is 0.150. The Morgan fingerprint density at radius 1 is 1.25 bits per heavy atom. The molecular formula is C24H26Cl2N4O2. The third-order valence-corrected chi connectivity index (χ3v) is 5.48. The van der Waals surface area contributed by atoms with Gasteiger partial charge in [-0.3, -0.25) is 9.78 Å². The molecule has 2 heterocycles. The number of nitrogens with zero attached hydrogens (tertiary/aromatic N) is 3. The highest BCUT2D eigenvalue weighted by Crippen LogP contribution is 2.26. The zero-order valence-electron chi connectivity index (χ0n) is 18.4. The van der Waals surface area contributed by atoms with E-state index in [-0.39, 0.29) is 5.91 Å². The number of rotatable bonds is 9. The van der Waals surface area contributed by atoms with Crippen LogP contribution in [0.1, 0.15) is 35.4 Å². The van der Waals surface area contributed by atoms with Gasteiger partial charge in [0.15, 0.2) is 0 Å². The summed E-state index contributed by atoms with van der Waals surface area (Å²) in [5, 5.41) is 3.51. The molecule has 0 aliphatic heterocycles. The maximum absolute atomic E-state index is 12.9. The standard InChI is InChI=1S/C24H26Cl2N4O2/c1-16-14-30(15-29-16)22-7-6-18(10-23(22)32-3)9-19(5-4-8-25)24(31)28-12-20-11-21(26)13-27-17(20)2/h6-7,9-11,13-15H,4-5,8,12H2,1-3H3,(H,28,31)/b19-9+. The number of ether oxygens (including phenoxy) is 1. The van der Waals surface area contributed by atoms with Crippen molar-refractivity contribution in [2.75, 3.05) is 13.0 Å². The molecule has 0 fully saturated rings. The largest absolute Gasteiger partial charge is 0.495 e. The van der Waals surface area contributed by atoms with E-state index in [0.29, 0.717) is 41.6 Å². The lowest BCUT2D eigenvalue weighted by Gasteiger charge is -2.12. The summed E-state index contributed by atoms with van der Waals surface area (Å²) >= 11 is 11.9. The third kappa shape index (κ3) is 6.11. The SMILES string of the molecule is COc1cc(/C=C(\CCCCl)C(=O)NCc2cc(Cl)cnc2C)ccc1-n1cnc(C)c1. The monoisotopic (exact) mass is 472 g/mol. The van der Waals surface area contributed by atoms with Crippen LogP contribution in [-0.4, -0.2) is 33.4 Å². The van der Waals surface area contributed by atoms with Crippen LogP contribution >= 0.6 is 23.2 Å². The fourth-order valence-electron chi connectivity index (χ4n) is 3.28. The zero-order chi connectivity index (χ0) is 23.1. The maximum atomic E-state index is 12.9. The van der Waals surface area contributed by atoms with Crippen LogP contribution in [0.5, 0.6) is 5.75 Å². The van der Waals surface area contributed by atoms with Gasteiger partial charge in [0.1, 0.15) is 5.75 Å². The molecule has 8 heteroatoms. The Balaban J connectivity index is 1.83. The van der Waals surface area contributed by atoms with E-state index >= 15 is 0 Å². The first kappa shape index (κ1) is 23.8. The van der Waals surface area contributed by atoms with Crippen LogP contribution in [0.25, 0.3) is 11.8 Å². The molecule has 0 bridgehead atoms. The molecular weight excluding hydrogens is 447 g/mol. The summed E-state index contributed by atoms with van der Waals surface area (Å²) in [6.07, 6.45) is 8.40. The van der Waals surface area contributed by atoms with Gasteiger partial charge in [0.05, 0.1) is 29.8 Å². The predicted octanol–water partition coefficient (Wildman–Crippen LogP) is 5.26. The smallest absolute Gasteiger partial charge is 0.247 e. The lowest BCUT2D eigenvalue weighted by molar-refractivity contribution is -0.117. The molecule has 0 saturated carbocycles. The second kappa shape index (κ2) is 11.2. The second-order valence-electron chi connectivity index (χ2n) is 7.40. The Labute approximate surface area is 198 Å². The van der Waals surface area contributed by atoms with E-state index in [9.17, 15) is 4.79 Å². The quantitative estimate of drug-likeness (QED) is 0.340. The lowest BCUT2D eigenvalue weighted by Crippen LogP contribution is -2.25. The molecule has 0 radical (unpaired) electrons. The summed E-state index contributed by atoms with van der Waals surface area (Å²) < 4.78 is 7.49. The summed E-state index contributed by atoms with van der Waals surface area (Å²) in [5.74, 6) is 1.01. The number of hydrogen-bond donors (Lipinski definition) is 1. The van der Waals surface area contributed by atoms with Gasteiger partial charge in [-0.1, -0.05) is 17.7 Å². The van der Waals surface area contributed by atoms with Crippen LogP contribution in [0.4, 0.5) is 0 Å². The Morgan fingerprint density at radius 3 is 2.75 bits per heavy atom. The molecule has 0 aliphatic carbocycles. The molecule has 3 aromatic rings. The van der Waals surface area contributed by atoms with Crippen LogP contribution in [0.2, 0.25) is 5.02 Å². The van der Waals surface area contributed by atoms with E-state index in [1.807, 2.05) is 55.0 Å². The van der Waals surface area contributed by atoms with Gasteiger partial charge in [0.25, 0.3) is 0 Å². The molecule has 6 nitrogen and oxygen atoms in total. The normalized spacial score (nSPS) is 11.5. The van der Waals surface area contributed by atoms with E-state index in [0.717, 1.165) is 28.2 Å². The Morgan fingerprint density at radius 2 is 2.06 bits per heavy atom. The van der Waals surface area contributed by atoms with E-state index in [1.165, 1.54) is 0 Å². The van der Waals surface area contributed by atoms with Crippen LogP contribution in [0.3, 0.4) is 0 Å². The van der Waals surface area contributed by atoms with E-state index < -0.39 is 0 Å². The molecule has 0 atom stereocenters. The summed E-state index contributed by atoms with van der Waals surface area (Å²) in [5.41, 5.74) is 5.01. The number of nitrogens with one attached hydrogen (secondary N) is 1. The fourth-order valence-corrected chi connectivity index (χ4v) is 3.59. The van der Waals surface area contributed by atoms with Crippen molar-refractivity contribution in [1.29, 1.82) is 0 Å². The van der Waals surface area contributed by atoms with Crippen molar-refractivity contribution < 1.29 is 9.53 Å². The first-order chi connectivity index (χ1) is 15.4. The van der Waals surface area contributed by atoms with E-state index in [4.69, 9.17) is 27.9 Å². The molecule has 0 aliphatic rings. The minimum atomic E-state index is -0.150. The number of methoxy groups -OCH3 is 1. The first-order valence-electron chi connectivity index (χ1n) is 10.3. The highest BCUT2D eigenvalue weighted by Gasteiger charge is 2.12. The average Bonchev–Trinajstić information content (AvgIpc) is 3.22. The minimum Gasteiger partial charge on any atom is -0.495 e. The van der Waals surface area contributed by atoms with Crippen LogP contribution < -0.4 is 10.1 Å². The number of amides is 1. The molecule has 2 aromatic heterocycles. The van der Waals surface area contributed by atoms with Crippen molar-refractivity contribution in [2.24, 2.45) is 0 Å². The first-order valence-corrected chi connectivity index (χ1v) is 11.2. The Hall–Kier alpha value is -2.83. The molecule has 1 aromatic carbocycles.